The van der Waals surface area contributed by atoms with Crippen molar-refractivity contribution in [3.8, 4) is 0 Å². The van der Waals surface area contributed by atoms with Crippen LogP contribution in [-0.4, -0.2) is 31.7 Å². The lowest BCUT2D eigenvalue weighted by molar-refractivity contribution is -0.126. The molecule has 1 amide bonds. The molecule has 0 aliphatic carbocycles. The van der Waals surface area contributed by atoms with Crippen LogP contribution >= 0.6 is 0 Å². The number of sulfonamides is 1. The number of furan rings is 1. The van der Waals surface area contributed by atoms with Crippen molar-refractivity contribution in [3.05, 3.63) is 102 Å². The molecule has 7 heteroatoms. The second kappa shape index (κ2) is 9.68. The van der Waals surface area contributed by atoms with Crippen LogP contribution in [0.5, 0.6) is 0 Å². The standard InChI is InChI=1S/C28H28N2O4S/c1-20-11-13-24(14-12-20)35(32,33)30-17-15-22(16-18-30)28(31)29-27(21-7-3-2-4-8-21)26-19-23-9-5-6-10-25(23)34-26/h2-14,19,22,27H,15-18H2,1H3,(H,29,31). The minimum absolute atomic E-state index is 0.0910. The van der Waals surface area contributed by atoms with Gasteiger partial charge in [0.1, 0.15) is 17.4 Å². The summed E-state index contributed by atoms with van der Waals surface area (Å²) in [6, 6.07) is 25.9. The first-order valence-corrected chi connectivity index (χ1v) is 13.3. The van der Waals surface area contributed by atoms with Crippen molar-refractivity contribution in [3.63, 3.8) is 0 Å². The van der Waals surface area contributed by atoms with E-state index in [4.69, 9.17) is 4.42 Å². The summed E-state index contributed by atoms with van der Waals surface area (Å²) in [5.41, 5.74) is 2.71. The number of piperidine rings is 1. The van der Waals surface area contributed by atoms with Crippen molar-refractivity contribution < 1.29 is 17.6 Å². The molecule has 0 radical (unpaired) electrons. The van der Waals surface area contributed by atoms with Crippen LogP contribution in [0.3, 0.4) is 0 Å². The van der Waals surface area contributed by atoms with Crippen molar-refractivity contribution in [1.82, 2.24) is 9.62 Å². The number of amides is 1. The summed E-state index contributed by atoms with van der Waals surface area (Å²) in [6.07, 6.45) is 0.942. The number of aryl methyl sites for hydroxylation is 1. The zero-order chi connectivity index (χ0) is 24.4. The minimum atomic E-state index is -3.57. The fraction of sp³-hybridized carbons (Fsp3) is 0.250. The Morgan fingerprint density at radius 3 is 2.29 bits per heavy atom. The maximum Gasteiger partial charge on any atom is 0.243 e. The van der Waals surface area contributed by atoms with Crippen LogP contribution in [-0.2, 0) is 14.8 Å². The average molecular weight is 489 g/mol. The molecule has 2 heterocycles. The average Bonchev–Trinajstić information content (AvgIpc) is 3.32. The van der Waals surface area contributed by atoms with Crippen molar-refractivity contribution in [1.29, 1.82) is 0 Å². The smallest absolute Gasteiger partial charge is 0.243 e. The first-order chi connectivity index (χ1) is 16.9. The third-order valence-corrected chi connectivity index (χ3v) is 8.54. The summed E-state index contributed by atoms with van der Waals surface area (Å²) in [6.45, 7) is 2.55. The molecule has 1 atom stereocenters. The summed E-state index contributed by atoms with van der Waals surface area (Å²) < 4.78 is 33.6. The van der Waals surface area contributed by atoms with Crippen molar-refractivity contribution in [2.45, 2.75) is 30.7 Å². The van der Waals surface area contributed by atoms with Crippen LogP contribution in [0.1, 0.15) is 35.8 Å². The van der Waals surface area contributed by atoms with Gasteiger partial charge in [0.25, 0.3) is 0 Å². The number of hydrogen-bond donors (Lipinski definition) is 1. The Hall–Kier alpha value is -3.42. The van der Waals surface area contributed by atoms with Gasteiger partial charge >= 0.3 is 0 Å². The number of carbonyl (C=O) groups excluding carboxylic acids is 1. The van der Waals surface area contributed by atoms with Crippen LogP contribution in [0.25, 0.3) is 11.0 Å². The molecule has 35 heavy (non-hydrogen) atoms. The van der Waals surface area contributed by atoms with E-state index in [0.29, 0.717) is 36.6 Å². The highest BCUT2D eigenvalue weighted by molar-refractivity contribution is 7.89. The highest BCUT2D eigenvalue weighted by Gasteiger charge is 2.33. The predicted molar refractivity (Wildman–Crippen MR) is 135 cm³/mol. The van der Waals surface area contributed by atoms with Crippen LogP contribution in [0, 0.1) is 12.8 Å². The van der Waals surface area contributed by atoms with E-state index in [1.54, 1.807) is 24.3 Å². The first kappa shape index (κ1) is 23.3. The number of benzene rings is 3. The molecule has 3 aromatic carbocycles. The predicted octanol–water partition coefficient (Wildman–Crippen LogP) is 5.05. The lowest BCUT2D eigenvalue weighted by atomic mass is 9.95. The van der Waals surface area contributed by atoms with E-state index < -0.39 is 16.1 Å². The topological polar surface area (TPSA) is 79.6 Å². The minimum Gasteiger partial charge on any atom is -0.459 e. The summed E-state index contributed by atoms with van der Waals surface area (Å²) in [4.78, 5) is 13.6. The summed E-state index contributed by atoms with van der Waals surface area (Å²) in [5, 5.41) is 4.15. The molecular weight excluding hydrogens is 460 g/mol. The van der Waals surface area contributed by atoms with Gasteiger partial charge in [-0.1, -0.05) is 66.2 Å². The van der Waals surface area contributed by atoms with Crippen LogP contribution in [0.4, 0.5) is 0 Å². The number of rotatable bonds is 6. The molecule has 0 saturated carbocycles. The molecular formula is C28H28N2O4S. The van der Waals surface area contributed by atoms with Gasteiger partial charge in [-0.2, -0.15) is 4.31 Å². The Kier molecular flexibility index (Phi) is 6.45. The Morgan fingerprint density at radius 1 is 0.943 bits per heavy atom. The van der Waals surface area contributed by atoms with Crippen molar-refractivity contribution in [2.75, 3.05) is 13.1 Å². The molecule has 1 unspecified atom stereocenters. The van der Waals surface area contributed by atoms with Gasteiger partial charge in [-0.3, -0.25) is 4.79 Å². The molecule has 5 rings (SSSR count). The van der Waals surface area contributed by atoms with Gasteiger partial charge in [0.2, 0.25) is 15.9 Å². The quantitative estimate of drug-likeness (QED) is 0.412. The summed E-state index contributed by atoms with van der Waals surface area (Å²) in [7, 11) is -3.57. The molecule has 180 valence electrons. The Morgan fingerprint density at radius 2 is 1.60 bits per heavy atom. The molecule has 1 aromatic heterocycles. The molecule has 1 fully saturated rings. The van der Waals surface area contributed by atoms with Gasteiger partial charge in [0, 0.05) is 24.4 Å². The van der Waals surface area contributed by atoms with Gasteiger partial charge in [-0.15, -0.1) is 0 Å². The van der Waals surface area contributed by atoms with Crippen LogP contribution in [0.15, 0.2) is 94.2 Å². The number of nitrogens with one attached hydrogen (secondary N) is 1. The number of fused-ring (bicyclic) bond motifs is 1. The molecule has 4 aromatic rings. The van der Waals surface area contributed by atoms with Gasteiger partial charge in [0.05, 0.1) is 4.90 Å². The van der Waals surface area contributed by atoms with E-state index in [-0.39, 0.29) is 11.8 Å². The Labute approximate surface area is 205 Å². The highest BCUT2D eigenvalue weighted by Crippen LogP contribution is 2.30. The fourth-order valence-corrected chi connectivity index (χ4v) is 6.06. The highest BCUT2D eigenvalue weighted by atomic mass is 32.2. The largest absolute Gasteiger partial charge is 0.459 e. The monoisotopic (exact) mass is 488 g/mol. The molecule has 1 aliphatic rings. The van der Waals surface area contributed by atoms with E-state index in [2.05, 4.69) is 5.32 Å². The van der Waals surface area contributed by atoms with Gasteiger partial charge < -0.3 is 9.73 Å². The molecule has 1 N–H and O–H groups in total. The van der Waals surface area contributed by atoms with Crippen LogP contribution < -0.4 is 5.32 Å². The second-order valence-corrected chi connectivity index (χ2v) is 11.0. The molecule has 1 saturated heterocycles. The number of carbonyl (C=O) groups is 1. The molecule has 0 bridgehead atoms. The zero-order valence-corrected chi connectivity index (χ0v) is 20.4. The van der Waals surface area contributed by atoms with E-state index in [9.17, 15) is 13.2 Å². The normalized spacial score (nSPS) is 16.3. The Balaban J connectivity index is 1.31. The van der Waals surface area contributed by atoms with E-state index in [1.165, 1.54) is 4.31 Å². The summed E-state index contributed by atoms with van der Waals surface area (Å²) >= 11 is 0. The summed E-state index contributed by atoms with van der Waals surface area (Å²) in [5.74, 6) is 0.312. The second-order valence-electron chi connectivity index (χ2n) is 9.03. The number of nitrogens with zero attached hydrogens (tertiary/aromatic N) is 1. The van der Waals surface area contributed by atoms with E-state index in [0.717, 1.165) is 22.1 Å². The van der Waals surface area contributed by atoms with Gasteiger partial charge in [0.15, 0.2) is 0 Å². The number of hydrogen-bond acceptors (Lipinski definition) is 4. The van der Waals surface area contributed by atoms with Gasteiger partial charge in [-0.05, 0) is 49.6 Å². The SMILES string of the molecule is Cc1ccc(S(=O)(=O)N2CCC(C(=O)NC(c3ccccc3)c3cc4ccccc4o3)CC2)cc1. The lowest BCUT2D eigenvalue weighted by Gasteiger charge is -2.31. The van der Waals surface area contributed by atoms with Gasteiger partial charge in [-0.25, -0.2) is 8.42 Å². The van der Waals surface area contributed by atoms with Crippen molar-refractivity contribution >= 4 is 26.9 Å². The maximum atomic E-state index is 13.3. The Bertz CT molecular complexity index is 1390. The first-order valence-electron chi connectivity index (χ1n) is 11.8. The molecule has 6 nitrogen and oxygen atoms in total. The van der Waals surface area contributed by atoms with E-state index >= 15 is 0 Å². The van der Waals surface area contributed by atoms with Crippen LogP contribution in [0.2, 0.25) is 0 Å². The van der Waals surface area contributed by atoms with E-state index in [1.807, 2.05) is 67.6 Å². The number of para-hydroxylation sites is 1. The fourth-order valence-electron chi connectivity index (χ4n) is 4.59. The molecule has 0 spiro atoms. The third-order valence-electron chi connectivity index (χ3n) is 6.63. The zero-order valence-electron chi connectivity index (χ0n) is 19.6. The maximum absolute atomic E-state index is 13.3. The lowest BCUT2D eigenvalue weighted by Crippen LogP contribution is -2.43. The van der Waals surface area contributed by atoms with Crippen molar-refractivity contribution in [2.24, 2.45) is 5.92 Å². The molecule has 1 aliphatic heterocycles. The third kappa shape index (κ3) is 4.88.